The highest BCUT2D eigenvalue weighted by Crippen LogP contribution is 2.50. The third-order valence-corrected chi connectivity index (χ3v) is 11.0. The number of thiazole rings is 1. The minimum Gasteiger partial charge on any atom is -0.504 e. The van der Waals surface area contributed by atoms with Gasteiger partial charge in [-0.2, -0.15) is 5.10 Å². The van der Waals surface area contributed by atoms with Crippen molar-refractivity contribution in [3.8, 4) is 11.5 Å². The lowest BCUT2D eigenvalue weighted by molar-refractivity contribution is -0.161. The average Bonchev–Trinajstić information content (AvgIpc) is 3.79. The summed E-state index contributed by atoms with van der Waals surface area (Å²) in [6, 6.07) is -0.714. The van der Waals surface area contributed by atoms with E-state index in [2.05, 4.69) is 31.0 Å². The number of anilines is 1. The number of halogens is 1. The number of phenols is 2. The number of urea groups is 1. The van der Waals surface area contributed by atoms with Crippen LogP contribution >= 0.6 is 34.7 Å². The number of rotatable bonds is 13. The maximum Gasteiger partial charge on any atom is 0.350 e. The van der Waals surface area contributed by atoms with Crippen molar-refractivity contribution in [3.63, 3.8) is 0 Å². The fraction of sp³-hybridized carbons (Fsp3) is 0.379. The molecule has 1 aromatic carbocycles. The van der Waals surface area contributed by atoms with Gasteiger partial charge in [-0.25, -0.2) is 24.4 Å². The summed E-state index contributed by atoms with van der Waals surface area (Å²) in [7, 11) is 0. The highest BCUT2D eigenvalue weighted by Gasteiger charge is 2.67. The molecule has 3 aliphatic rings. The number of aromatic nitrogens is 1. The number of fused-ring (bicyclic) bond motifs is 1. The number of amides is 5. The maximum atomic E-state index is 13.6. The van der Waals surface area contributed by atoms with Gasteiger partial charge in [-0.15, -0.1) is 11.3 Å². The van der Waals surface area contributed by atoms with Gasteiger partial charge in [0.15, 0.2) is 28.1 Å². The number of β-lactam (4-membered cyclic amide) rings is 1. The largest absolute Gasteiger partial charge is 0.504 e. The SMILES string of the molecule is CC1CN(/N=C/CNC(=O)/C(=N\O)c2ccc(O)c(O)c2Cl)C(=O)N1[C@@]1(C(=O)O)CN2C(=O)[C@@H](NC(=O)/C(=N\OC(C)(C)C(=O)O)c3csc(N)n3)[C@H]2S1. The summed E-state index contributed by atoms with van der Waals surface area (Å²) in [6.07, 6.45) is 1.12. The lowest BCUT2D eigenvalue weighted by Gasteiger charge is -2.41. The molecule has 0 spiro atoms. The molecule has 1 aromatic heterocycles. The van der Waals surface area contributed by atoms with Crippen LogP contribution in [0.5, 0.6) is 11.5 Å². The molecule has 3 saturated heterocycles. The van der Waals surface area contributed by atoms with Crippen LogP contribution in [-0.4, -0.2) is 146 Å². The van der Waals surface area contributed by atoms with E-state index in [1.165, 1.54) is 24.1 Å². The van der Waals surface area contributed by atoms with Crippen molar-refractivity contribution in [2.24, 2.45) is 15.4 Å². The number of thioether (sulfide) groups is 1. The van der Waals surface area contributed by atoms with Gasteiger partial charge in [-0.05, 0) is 32.9 Å². The number of hydrogen-bond acceptors (Lipinski definition) is 17. The van der Waals surface area contributed by atoms with Crippen molar-refractivity contribution in [2.45, 2.75) is 48.7 Å². The van der Waals surface area contributed by atoms with E-state index in [-0.39, 0.29) is 29.5 Å². The van der Waals surface area contributed by atoms with Crippen LogP contribution in [0.25, 0.3) is 0 Å². The predicted octanol–water partition coefficient (Wildman–Crippen LogP) is -0.339. The Kier molecular flexibility index (Phi) is 10.8. The molecule has 4 atom stereocenters. The second kappa shape index (κ2) is 14.9. The number of carbonyl (C=O) groups excluding carboxylic acids is 4. The van der Waals surface area contributed by atoms with E-state index in [1.807, 2.05) is 0 Å². The number of phenolic OH excluding ortho intramolecular Hbond substituents is 2. The monoisotopic (exact) mass is 810 g/mol. The van der Waals surface area contributed by atoms with E-state index in [1.54, 1.807) is 6.92 Å². The number of nitrogen functional groups attached to an aromatic ring is 1. The zero-order valence-electron chi connectivity index (χ0n) is 28.2. The van der Waals surface area contributed by atoms with Crippen LogP contribution in [-0.2, 0) is 28.8 Å². The van der Waals surface area contributed by atoms with Gasteiger partial charge in [0, 0.05) is 17.2 Å². The van der Waals surface area contributed by atoms with Gasteiger partial charge < -0.3 is 51.7 Å². The number of nitrogens with one attached hydrogen (secondary N) is 2. The first-order valence-corrected chi connectivity index (χ1v) is 17.6. The van der Waals surface area contributed by atoms with E-state index in [0.717, 1.165) is 51.4 Å². The Hall–Kier alpha value is -5.88. The van der Waals surface area contributed by atoms with E-state index < -0.39 is 98.1 Å². The van der Waals surface area contributed by atoms with Gasteiger partial charge in [0.25, 0.3) is 11.8 Å². The number of nitrogens with two attached hydrogens (primary N) is 1. The van der Waals surface area contributed by atoms with Gasteiger partial charge in [-0.3, -0.25) is 19.3 Å². The molecule has 54 heavy (non-hydrogen) atoms. The Morgan fingerprint density at radius 3 is 2.50 bits per heavy atom. The number of benzene rings is 1. The second-order valence-electron chi connectivity index (χ2n) is 12.3. The summed E-state index contributed by atoms with van der Waals surface area (Å²) in [5.74, 6) is -6.76. The number of carboxylic acids is 2. The van der Waals surface area contributed by atoms with Crippen LogP contribution in [0.1, 0.15) is 32.0 Å². The molecular formula is C29H31ClN10O12S2. The summed E-state index contributed by atoms with van der Waals surface area (Å²) in [5, 5.41) is 65.1. The molecule has 9 N–H and O–H groups in total. The predicted molar refractivity (Wildman–Crippen MR) is 189 cm³/mol. The van der Waals surface area contributed by atoms with Gasteiger partial charge in [-0.1, -0.05) is 33.7 Å². The Balaban J connectivity index is 1.26. The molecule has 0 radical (unpaired) electrons. The molecule has 0 aliphatic carbocycles. The number of nitrogens with zero attached hydrogens (tertiary/aromatic N) is 7. The van der Waals surface area contributed by atoms with Crippen LogP contribution < -0.4 is 16.4 Å². The van der Waals surface area contributed by atoms with E-state index in [9.17, 15) is 54.4 Å². The summed E-state index contributed by atoms with van der Waals surface area (Å²) in [4.78, 5) is 86.6. The number of aromatic hydroxyl groups is 2. The third-order valence-electron chi connectivity index (χ3n) is 8.26. The first-order chi connectivity index (χ1) is 25.3. The van der Waals surface area contributed by atoms with Crippen molar-refractivity contribution >= 4 is 93.2 Å². The Labute approximate surface area is 316 Å². The smallest absolute Gasteiger partial charge is 0.350 e. The molecule has 5 amide bonds. The maximum absolute atomic E-state index is 13.6. The van der Waals surface area contributed by atoms with Crippen LogP contribution in [0.3, 0.4) is 0 Å². The topological polar surface area (TPSA) is 323 Å². The Morgan fingerprint density at radius 1 is 1.19 bits per heavy atom. The molecule has 288 valence electrons. The standard InChI is InChI=1S/C29H31ClN10O12S2/c1-11-8-39(33-7-6-32-20(43)16(36-51)12-4-5-14(41)19(42)15(12)30)27(50)40(11)29(25(48)49)10-38-22(45)18(23(38)54-29)35-21(44)17(13-9-53-26(31)34-13)37-52-28(2,3)24(46)47/h4-5,7,9,11,18,23,41-42,51H,6,8,10H2,1-3H3,(H2,31,34)(H,32,43)(H,35,44)(H,46,47)(H,48,49)/b33-7+,36-16-,37-17-/t11?,18-,23-,29+/m1/s1. The second-order valence-corrected chi connectivity index (χ2v) is 14.9. The molecule has 1 unspecified atom stereocenters. The van der Waals surface area contributed by atoms with Crippen LogP contribution in [0, 0.1) is 0 Å². The highest BCUT2D eigenvalue weighted by molar-refractivity contribution is 8.02. The quantitative estimate of drug-likeness (QED) is 0.0422. The molecule has 3 aliphatic heterocycles. The van der Waals surface area contributed by atoms with Crippen LogP contribution in [0.2, 0.25) is 5.02 Å². The number of aliphatic carboxylic acids is 2. The first kappa shape index (κ1) is 39.3. The summed E-state index contributed by atoms with van der Waals surface area (Å²) in [5.41, 5.74) is 2.47. The number of hydrazone groups is 1. The van der Waals surface area contributed by atoms with E-state index >= 15 is 0 Å². The van der Waals surface area contributed by atoms with Gasteiger partial charge in [0.1, 0.15) is 17.1 Å². The van der Waals surface area contributed by atoms with E-state index in [0.29, 0.717) is 0 Å². The molecule has 2 aromatic rings. The molecule has 5 rings (SSSR count). The molecule has 4 heterocycles. The zero-order valence-corrected chi connectivity index (χ0v) is 30.5. The van der Waals surface area contributed by atoms with Gasteiger partial charge >= 0.3 is 18.0 Å². The van der Waals surface area contributed by atoms with Gasteiger partial charge in [0.05, 0.1) is 30.7 Å². The zero-order chi connectivity index (χ0) is 39.9. The average molecular weight is 811 g/mol. The third kappa shape index (κ3) is 7.08. The normalized spacial score (nSPS) is 23.0. The van der Waals surface area contributed by atoms with Crippen molar-refractivity contribution in [1.82, 2.24) is 30.4 Å². The summed E-state index contributed by atoms with van der Waals surface area (Å²) >= 11 is 7.66. The fourth-order valence-corrected chi connectivity index (χ4v) is 7.95. The highest BCUT2D eigenvalue weighted by atomic mass is 35.5. The van der Waals surface area contributed by atoms with Crippen molar-refractivity contribution in [1.29, 1.82) is 0 Å². The minimum atomic E-state index is -2.01. The number of carboxylic acid groups (broad SMARTS) is 2. The Bertz CT molecular complexity index is 2030. The lowest BCUT2D eigenvalue weighted by atomic mass is 10.0. The Morgan fingerprint density at radius 2 is 1.89 bits per heavy atom. The van der Waals surface area contributed by atoms with Crippen molar-refractivity contribution < 1.29 is 59.2 Å². The number of oxime groups is 2. The number of carbonyl (C=O) groups is 6. The molecule has 3 fully saturated rings. The molecular weight excluding hydrogens is 780 g/mol. The fourth-order valence-electron chi connectivity index (χ4n) is 5.44. The summed E-state index contributed by atoms with van der Waals surface area (Å²) < 4.78 is 0. The summed E-state index contributed by atoms with van der Waals surface area (Å²) in [6.45, 7) is 3.10. The first-order valence-electron chi connectivity index (χ1n) is 15.4. The van der Waals surface area contributed by atoms with Crippen molar-refractivity contribution in [3.05, 3.63) is 33.8 Å². The van der Waals surface area contributed by atoms with Crippen LogP contribution in [0.15, 0.2) is 32.9 Å². The van der Waals surface area contributed by atoms with Crippen LogP contribution in [0.4, 0.5) is 9.93 Å². The minimum absolute atomic E-state index is 0.0576. The van der Waals surface area contributed by atoms with E-state index in [4.69, 9.17) is 22.2 Å². The molecule has 25 heteroatoms. The molecule has 22 nitrogen and oxygen atoms in total. The molecule has 0 saturated carbocycles. The number of hydrogen-bond donors (Lipinski definition) is 8. The molecule has 0 bridgehead atoms. The van der Waals surface area contributed by atoms with Crippen molar-refractivity contribution in [2.75, 3.05) is 25.4 Å². The van der Waals surface area contributed by atoms with Gasteiger partial charge in [0.2, 0.25) is 16.4 Å². The lowest BCUT2D eigenvalue weighted by Crippen LogP contribution is -2.68.